The van der Waals surface area contributed by atoms with E-state index in [9.17, 15) is 9.90 Å². The van der Waals surface area contributed by atoms with Gasteiger partial charge in [0, 0.05) is 25.7 Å². The Labute approximate surface area is 203 Å². The van der Waals surface area contributed by atoms with E-state index in [4.69, 9.17) is 0 Å². The summed E-state index contributed by atoms with van der Waals surface area (Å²) >= 11 is 0. The van der Waals surface area contributed by atoms with E-state index in [1.165, 1.54) is 22.3 Å². The highest BCUT2D eigenvalue weighted by molar-refractivity contribution is 5.74. The molecule has 0 radical (unpaired) electrons. The predicted molar refractivity (Wildman–Crippen MR) is 139 cm³/mol. The summed E-state index contributed by atoms with van der Waals surface area (Å²) in [4.78, 5) is 16.8. The van der Waals surface area contributed by atoms with Crippen molar-refractivity contribution in [3.05, 3.63) is 96.1 Å². The third-order valence-corrected chi connectivity index (χ3v) is 6.91. The second kappa shape index (κ2) is 10.1. The molecular weight excluding hydrogens is 420 g/mol. The van der Waals surface area contributed by atoms with E-state index in [1.54, 1.807) is 0 Å². The standard InChI is InChI=1S/C30H36N2O2/c1-22-21-31(19-20-32(22)28(29(33)34)30(2,3)4)27(25-13-9-6-10-14-25)26-17-15-24(16-18-26)23-11-7-5-8-12-23/h5-18,22,27-28H,19-21H2,1-4H3,(H,33,34)/t22?,27-,28?/m1/s1. The van der Waals surface area contributed by atoms with Gasteiger partial charge in [0.05, 0.1) is 6.04 Å². The number of aliphatic carboxylic acids is 1. The molecule has 4 nitrogen and oxygen atoms in total. The number of carbonyl (C=O) groups is 1. The van der Waals surface area contributed by atoms with Crippen LogP contribution in [0.2, 0.25) is 0 Å². The minimum absolute atomic E-state index is 0.133. The van der Waals surface area contributed by atoms with Crippen LogP contribution in [0.15, 0.2) is 84.9 Å². The van der Waals surface area contributed by atoms with Crippen LogP contribution in [0.4, 0.5) is 0 Å². The Bertz CT molecular complexity index is 1070. The van der Waals surface area contributed by atoms with E-state index in [1.807, 2.05) is 26.8 Å². The molecule has 1 N–H and O–H groups in total. The van der Waals surface area contributed by atoms with Crippen LogP contribution < -0.4 is 0 Å². The van der Waals surface area contributed by atoms with E-state index in [2.05, 4.69) is 95.6 Å². The molecule has 0 bridgehead atoms. The average molecular weight is 457 g/mol. The van der Waals surface area contributed by atoms with Crippen LogP contribution in [0.1, 0.15) is 44.9 Å². The molecule has 3 atom stereocenters. The van der Waals surface area contributed by atoms with Crippen molar-refractivity contribution in [1.29, 1.82) is 0 Å². The van der Waals surface area contributed by atoms with Gasteiger partial charge in [-0.15, -0.1) is 0 Å². The van der Waals surface area contributed by atoms with E-state index >= 15 is 0 Å². The highest BCUT2D eigenvalue weighted by Crippen LogP contribution is 2.34. The molecule has 1 saturated heterocycles. The number of benzene rings is 3. The van der Waals surface area contributed by atoms with Gasteiger partial charge in [-0.05, 0) is 34.6 Å². The van der Waals surface area contributed by atoms with Crippen molar-refractivity contribution in [3.8, 4) is 11.1 Å². The predicted octanol–water partition coefficient (Wildman–Crippen LogP) is 5.95. The highest BCUT2D eigenvalue weighted by atomic mass is 16.4. The number of piperazine rings is 1. The summed E-state index contributed by atoms with van der Waals surface area (Å²) in [5.41, 5.74) is 4.63. The van der Waals surface area contributed by atoms with Gasteiger partial charge in [0.2, 0.25) is 0 Å². The van der Waals surface area contributed by atoms with Gasteiger partial charge in [-0.3, -0.25) is 14.6 Å². The maximum Gasteiger partial charge on any atom is 0.321 e. The van der Waals surface area contributed by atoms with Crippen LogP contribution in [0.3, 0.4) is 0 Å². The Kier molecular flexibility index (Phi) is 7.20. The molecule has 2 unspecified atom stereocenters. The molecule has 0 aromatic heterocycles. The Morgan fingerprint density at radius 2 is 1.35 bits per heavy atom. The van der Waals surface area contributed by atoms with Gasteiger partial charge in [-0.2, -0.15) is 0 Å². The van der Waals surface area contributed by atoms with E-state index in [0.717, 1.165) is 19.6 Å². The third kappa shape index (κ3) is 5.24. The first-order valence-electron chi connectivity index (χ1n) is 12.2. The summed E-state index contributed by atoms with van der Waals surface area (Å²) in [5, 5.41) is 9.97. The minimum Gasteiger partial charge on any atom is -0.480 e. The summed E-state index contributed by atoms with van der Waals surface area (Å²) in [6.07, 6.45) is 0. The van der Waals surface area contributed by atoms with Crippen molar-refractivity contribution < 1.29 is 9.90 Å². The normalized spacial score (nSPS) is 19.5. The van der Waals surface area contributed by atoms with Crippen molar-refractivity contribution >= 4 is 5.97 Å². The summed E-state index contributed by atoms with van der Waals surface area (Å²) in [6, 6.07) is 29.8. The average Bonchev–Trinajstić information content (AvgIpc) is 2.81. The second-order valence-electron chi connectivity index (χ2n) is 10.5. The van der Waals surface area contributed by atoms with Gasteiger partial charge in [0.15, 0.2) is 0 Å². The van der Waals surface area contributed by atoms with Crippen LogP contribution in [-0.4, -0.2) is 52.6 Å². The van der Waals surface area contributed by atoms with Gasteiger partial charge in [0.1, 0.15) is 6.04 Å². The molecule has 0 spiro atoms. The molecule has 1 aliphatic heterocycles. The minimum atomic E-state index is -0.732. The lowest BCUT2D eigenvalue weighted by Gasteiger charge is -2.48. The molecule has 0 saturated carbocycles. The number of hydrogen-bond acceptors (Lipinski definition) is 3. The Morgan fingerprint density at radius 3 is 1.88 bits per heavy atom. The lowest BCUT2D eigenvalue weighted by atomic mass is 9.84. The maximum absolute atomic E-state index is 12.1. The maximum atomic E-state index is 12.1. The highest BCUT2D eigenvalue weighted by Gasteiger charge is 2.41. The fourth-order valence-corrected chi connectivity index (χ4v) is 5.37. The van der Waals surface area contributed by atoms with Gasteiger partial charge < -0.3 is 5.11 Å². The Hall–Kier alpha value is -2.95. The van der Waals surface area contributed by atoms with Crippen LogP contribution in [0.5, 0.6) is 0 Å². The first kappa shape index (κ1) is 24.2. The molecule has 0 aliphatic carbocycles. The Morgan fingerprint density at radius 1 is 0.824 bits per heavy atom. The zero-order valence-electron chi connectivity index (χ0n) is 20.7. The quantitative estimate of drug-likeness (QED) is 0.498. The molecule has 1 fully saturated rings. The van der Waals surface area contributed by atoms with Crippen molar-refractivity contribution in [2.24, 2.45) is 5.41 Å². The summed E-state index contributed by atoms with van der Waals surface area (Å²) in [6.45, 7) is 10.6. The molecule has 4 rings (SSSR count). The molecule has 0 amide bonds. The van der Waals surface area contributed by atoms with Crippen molar-refractivity contribution in [2.45, 2.75) is 45.8 Å². The first-order valence-corrected chi connectivity index (χ1v) is 12.2. The van der Waals surface area contributed by atoms with E-state index < -0.39 is 12.0 Å². The molecule has 4 heteroatoms. The van der Waals surface area contributed by atoms with Gasteiger partial charge >= 0.3 is 5.97 Å². The third-order valence-electron chi connectivity index (χ3n) is 6.91. The summed E-state index contributed by atoms with van der Waals surface area (Å²) < 4.78 is 0. The van der Waals surface area contributed by atoms with Gasteiger partial charge in [-0.25, -0.2) is 0 Å². The fraction of sp³-hybridized carbons (Fsp3) is 0.367. The van der Waals surface area contributed by atoms with Crippen molar-refractivity contribution in [1.82, 2.24) is 9.80 Å². The number of carboxylic acid groups (broad SMARTS) is 1. The zero-order valence-corrected chi connectivity index (χ0v) is 20.7. The van der Waals surface area contributed by atoms with Crippen molar-refractivity contribution in [3.63, 3.8) is 0 Å². The first-order chi connectivity index (χ1) is 16.3. The molecule has 178 valence electrons. The monoisotopic (exact) mass is 456 g/mol. The van der Waals surface area contributed by atoms with Gasteiger partial charge in [-0.1, -0.05) is 106 Å². The number of carboxylic acids is 1. The molecule has 1 heterocycles. The SMILES string of the molecule is CC1CN([C@H](c2ccccc2)c2ccc(-c3ccccc3)cc2)CCN1C(C(=O)O)C(C)(C)C. The fourth-order valence-electron chi connectivity index (χ4n) is 5.37. The molecule has 1 aliphatic rings. The summed E-state index contributed by atoms with van der Waals surface area (Å²) in [5.74, 6) is -0.732. The van der Waals surface area contributed by atoms with Crippen LogP contribution in [0, 0.1) is 5.41 Å². The largest absolute Gasteiger partial charge is 0.480 e. The lowest BCUT2D eigenvalue weighted by Crippen LogP contribution is -2.61. The van der Waals surface area contributed by atoms with Gasteiger partial charge in [0.25, 0.3) is 0 Å². The molecule has 34 heavy (non-hydrogen) atoms. The number of nitrogens with zero attached hydrogens (tertiary/aromatic N) is 2. The molecular formula is C30H36N2O2. The second-order valence-corrected chi connectivity index (χ2v) is 10.5. The van der Waals surface area contributed by atoms with Crippen LogP contribution in [-0.2, 0) is 4.79 Å². The van der Waals surface area contributed by atoms with E-state index in [-0.39, 0.29) is 17.5 Å². The van der Waals surface area contributed by atoms with Crippen LogP contribution in [0.25, 0.3) is 11.1 Å². The molecule has 3 aromatic rings. The number of rotatable bonds is 6. The topological polar surface area (TPSA) is 43.8 Å². The lowest BCUT2D eigenvalue weighted by molar-refractivity contribution is -0.150. The zero-order chi connectivity index (χ0) is 24.3. The van der Waals surface area contributed by atoms with Crippen LogP contribution >= 0.6 is 0 Å². The smallest absolute Gasteiger partial charge is 0.321 e. The number of hydrogen-bond donors (Lipinski definition) is 1. The summed E-state index contributed by atoms with van der Waals surface area (Å²) in [7, 11) is 0. The van der Waals surface area contributed by atoms with E-state index in [0.29, 0.717) is 0 Å². The Balaban J connectivity index is 1.62. The van der Waals surface area contributed by atoms with Crippen molar-refractivity contribution in [2.75, 3.05) is 19.6 Å². The molecule has 3 aromatic carbocycles.